The summed E-state index contributed by atoms with van der Waals surface area (Å²) in [6.07, 6.45) is 0.833. The van der Waals surface area contributed by atoms with Crippen LogP contribution in [0.1, 0.15) is 28.5 Å². The van der Waals surface area contributed by atoms with Crippen molar-refractivity contribution in [2.75, 3.05) is 0 Å². The smallest absolute Gasteiger partial charge is 0.339 e. The lowest BCUT2D eigenvalue weighted by atomic mass is 10.1. The first-order chi connectivity index (χ1) is 8.61. The first-order valence-corrected chi connectivity index (χ1v) is 6.45. The van der Waals surface area contributed by atoms with Crippen molar-refractivity contribution >= 4 is 17.3 Å². The fourth-order valence-electron chi connectivity index (χ4n) is 1.54. The number of hydrogen-bond donors (Lipinski definition) is 1. The number of aromatic carboxylic acids is 1. The Morgan fingerprint density at radius 1 is 1.50 bits per heavy atom. The van der Waals surface area contributed by atoms with Crippen LogP contribution in [0.5, 0.6) is 10.9 Å². The van der Waals surface area contributed by atoms with Gasteiger partial charge in [-0.25, -0.2) is 9.78 Å². The second-order valence-corrected chi connectivity index (χ2v) is 4.64. The quantitative estimate of drug-likeness (QED) is 0.917. The summed E-state index contributed by atoms with van der Waals surface area (Å²) in [5, 5.41) is 11.5. The monoisotopic (exact) mass is 263 g/mol. The van der Waals surface area contributed by atoms with Crippen LogP contribution in [0.25, 0.3) is 0 Å². The Balaban J connectivity index is 2.36. The minimum Gasteiger partial charge on any atom is -0.478 e. The zero-order chi connectivity index (χ0) is 13.1. The minimum absolute atomic E-state index is 0.156. The Morgan fingerprint density at radius 3 is 2.89 bits per heavy atom. The maximum absolute atomic E-state index is 11.1. The lowest BCUT2D eigenvalue weighted by Crippen LogP contribution is -2.01. The van der Waals surface area contributed by atoms with Crippen LogP contribution >= 0.6 is 11.3 Å². The summed E-state index contributed by atoms with van der Waals surface area (Å²) < 4.78 is 5.61. The molecule has 5 heteroatoms. The predicted molar refractivity (Wildman–Crippen MR) is 69.7 cm³/mol. The van der Waals surface area contributed by atoms with Crippen molar-refractivity contribution < 1.29 is 14.6 Å². The van der Waals surface area contributed by atoms with E-state index in [-0.39, 0.29) is 5.56 Å². The third-order valence-corrected chi connectivity index (χ3v) is 3.29. The van der Waals surface area contributed by atoms with Crippen molar-refractivity contribution in [3.05, 3.63) is 40.4 Å². The fourth-order valence-corrected chi connectivity index (χ4v) is 2.30. The molecule has 1 aromatic heterocycles. The average molecular weight is 263 g/mol. The van der Waals surface area contributed by atoms with E-state index in [0.717, 1.165) is 17.7 Å². The zero-order valence-electron chi connectivity index (χ0n) is 10.1. The maximum atomic E-state index is 11.1. The Morgan fingerprint density at radius 2 is 2.28 bits per heavy atom. The van der Waals surface area contributed by atoms with Gasteiger partial charge in [-0.2, -0.15) is 0 Å². The molecular weight excluding hydrogens is 250 g/mol. The van der Waals surface area contributed by atoms with Gasteiger partial charge in [-0.15, -0.1) is 0 Å². The molecule has 0 aliphatic heterocycles. The zero-order valence-corrected chi connectivity index (χ0v) is 11.0. The van der Waals surface area contributed by atoms with Crippen LogP contribution in [0.3, 0.4) is 0 Å². The third kappa shape index (κ3) is 2.51. The van der Waals surface area contributed by atoms with E-state index >= 15 is 0 Å². The van der Waals surface area contributed by atoms with Gasteiger partial charge in [-0.05, 0) is 25.0 Å². The standard InChI is InChI=1S/C13H13NO3S/c1-3-9-7-18-13(14-9)17-11-8(2)5-4-6-10(11)12(15)16/h4-7H,3H2,1-2H3,(H,15,16). The molecule has 0 aliphatic rings. The number of benzene rings is 1. The molecule has 0 saturated carbocycles. The van der Waals surface area contributed by atoms with Gasteiger partial charge < -0.3 is 9.84 Å². The topological polar surface area (TPSA) is 59.4 Å². The summed E-state index contributed by atoms with van der Waals surface area (Å²) in [6, 6.07) is 5.04. The summed E-state index contributed by atoms with van der Waals surface area (Å²) >= 11 is 1.37. The Labute approximate surface area is 109 Å². The summed E-state index contributed by atoms with van der Waals surface area (Å²) in [6.45, 7) is 3.82. The van der Waals surface area contributed by atoms with Gasteiger partial charge in [0.05, 0.1) is 5.69 Å². The van der Waals surface area contributed by atoms with Crippen LogP contribution in [0.4, 0.5) is 0 Å². The number of carboxylic acid groups (broad SMARTS) is 1. The number of rotatable bonds is 4. The normalized spacial score (nSPS) is 10.3. The van der Waals surface area contributed by atoms with Crippen LogP contribution in [0.15, 0.2) is 23.6 Å². The van der Waals surface area contributed by atoms with Gasteiger partial charge in [0.25, 0.3) is 5.19 Å². The number of thiazole rings is 1. The Kier molecular flexibility index (Phi) is 3.62. The van der Waals surface area contributed by atoms with Crippen molar-refractivity contribution in [3.8, 4) is 10.9 Å². The molecule has 1 N–H and O–H groups in total. The van der Waals surface area contributed by atoms with Crippen molar-refractivity contribution in [1.29, 1.82) is 0 Å². The highest BCUT2D eigenvalue weighted by atomic mass is 32.1. The fraction of sp³-hybridized carbons (Fsp3) is 0.231. The van der Waals surface area contributed by atoms with Gasteiger partial charge in [0.2, 0.25) is 0 Å². The van der Waals surface area contributed by atoms with E-state index in [1.54, 1.807) is 6.07 Å². The summed E-state index contributed by atoms with van der Waals surface area (Å²) in [5.74, 6) is -0.636. The summed E-state index contributed by atoms with van der Waals surface area (Å²) in [7, 11) is 0. The van der Waals surface area contributed by atoms with Gasteiger partial charge in [-0.1, -0.05) is 30.4 Å². The molecule has 0 fully saturated rings. The molecule has 0 amide bonds. The van der Waals surface area contributed by atoms with Gasteiger partial charge >= 0.3 is 5.97 Å². The van der Waals surface area contributed by atoms with E-state index in [1.807, 2.05) is 25.3 Å². The lowest BCUT2D eigenvalue weighted by molar-refractivity contribution is 0.0694. The molecule has 0 atom stereocenters. The number of carbonyl (C=O) groups is 1. The molecule has 94 valence electrons. The Hall–Kier alpha value is -1.88. The first kappa shape index (κ1) is 12.6. The molecule has 2 rings (SSSR count). The van der Waals surface area contributed by atoms with E-state index in [9.17, 15) is 4.79 Å². The molecule has 0 unspecified atom stereocenters. The van der Waals surface area contributed by atoms with Crippen LogP contribution in [-0.2, 0) is 6.42 Å². The number of carboxylic acids is 1. The number of aromatic nitrogens is 1. The van der Waals surface area contributed by atoms with Crippen LogP contribution in [0, 0.1) is 6.92 Å². The number of hydrogen-bond acceptors (Lipinski definition) is 4. The van der Waals surface area contributed by atoms with Crippen molar-refractivity contribution in [1.82, 2.24) is 4.98 Å². The molecule has 0 bridgehead atoms. The molecule has 0 radical (unpaired) electrons. The van der Waals surface area contributed by atoms with E-state index < -0.39 is 5.97 Å². The largest absolute Gasteiger partial charge is 0.478 e. The highest BCUT2D eigenvalue weighted by Gasteiger charge is 2.15. The molecule has 0 saturated heterocycles. The van der Waals surface area contributed by atoms with Gasteiger partial charge in [0, 0.05) is 5.38 Å². The van der Waals surface area contributed by atoms with Gasteiger partial charge in [-0.3, -0.25) is 0 Å². The number of ether oxygens (including phenoxy) is 1. The van der Waals surface area contributed by atoms with E-state index in [4.69, 9.17) is 9.84 Å². The van der Waals surface area contributed by atoms with Crippen molar-refractivity contribution in [2.45, 2.75) is 20.3 Å². The molecule has 18 heavy (non-hydrogen) atoms. The van der Waals surface area contributed by atoms with E-state index in [1.165, 1.54) is 17.4 Å². The molecule has 1 aromatic carbocycles. The molecule has 1 heterocycles. The molecule has 4 nitrogen and oxygen atoms in total. The van der Waals surface area contributed by atoms with Crippen molar-refractivity contribution in [2.24, 2.45) is 0 Å². The van der Waals surface area contributed by atoms with Crippen molar-refractivity contribution in [3.63, 3.8) is 0 Å². The van der Waals surface area contributed by atoms with Crippen LogP contribution < -0.4 is 4.74 Å². The highest BCUT2D eigenvalue weighted by molar-refractivity contribution is 7.11. The first-order valence-electron chi connectivity index (χ1n) is 5.57. The molecule has 0 aliphatic carbocycles. The van der Waals surface area contributed by atoms with Crippen LogP contribution in [-0.4, -0.2) is 16.1 Å². The molecule has 2 aromatic rings. The molecule has 0 spiro atoms. The SMILES string of the molecule is CCc1csc(Oc2c(C)cccc2C(=O)O)n1. The average Bonchev–Trinajstić information content (AvgIpc) is 2.79. The third-order valence-electron chi connectivity index (χ3n) is 2.52. The maximum Gasteiger partial charge on any atom is 0.339 e. The number of para-hydroxylation sites is 1. The summed E-state index contributed by atoms with van der Waals surface area (Å²) in [5.41, 5.74) is 1.88. The van der Waals surface area contributed by atoms with E-state index in [2.05, 4.69) is 4.98 Å². The summed E-state index contributed by atoms with van der Waals surface area (Å²) in [4.78, 5) is 15.4. The van der Waals surface area contributed by atoms with E-state index in [0.29, 0.717) is 10.9 Å². The molecular formula is C13H13NO3S. The number of nitrogens with zero attached hydrogens (tertiary/aromatic N) is 1. The van der Waals surface area contributed by atoms with Gasteiger partial charge in [0.15, 0.2) is 0 Å². The minimum atomic E-state index is -0.999. The lowest BCUT2D eigenvalue weighted by Gasteiger charge is -2.08. The second kappa shape index (κ2) is 5.18. The number of aryl methyl sites for hydroxylation is 2. The second-order valence-electron chi connectivity index (χ2n) is 3.82. The predicted octanol–water partition coefficient (Wildman–Crippen LogP) is 3.50. The van der Waals surface area contributed by atoms with Gasteiger partial charge in [0.1, 0.15) is 11.3 Å². The Bertz CT molecular complexity index is 577. The van der Waals surface area contributed by atoms with Crippen LogP contribution in [0.2, 0.25) is 0 Å². The highest BCUT2D eigenvalue weighted by Crippen LogP contribution is 2.31.